The van der Waals surface area contributed by atoms with Crippen LogP contribution in [0.1, 0.15) is 30.6 Å². The minimum Gasteiger partial charge on any atom is -0.497 e. The molecule has 1 aliphatic heterocycles. The van der Waals surface area contributed by atoms with Gasteiger partial charge in [0.25, 0.3) is 0 Å². The predicted molar refractivity (Wildman–Crippen MR) is 107 cm³/mol. The maximum absolute atomic E-state index is 5.46. The third-order valence-electron chi connectivity index (χ3n) is 4.63. The molecule has 1 unspecified atom stereocenters. The van der Waals surface area contributed by atoms with Crippen LogP contribution in [0, 0.1) is 0 Å². The second kappa shape index (κ2) is 7.98. The van der Waals surface area contributed by atoms with Gasteiger partial charge in [-0.25, -0.2) is 4.98 Å². The van der Waals surface area contributed by atoms with Crippen LogP contribution < -0.4 is 19.5 Å². The molecule has 0 saturated carbocycles. The van der Waals surface area contributed by atoms with Crippen LogP contribution in [0.2, 0.25) is 0 Å². The molecule has 140 valence electrons. The highest BCUT2D eigenvalue weighted by Gasteiger charge is 2.16. The number of methoxy groups -OCH3 is 1. The molecule has 1 aliphatic rings. The number of fused-ring (bicyclic) bond motifs is 1. The first-order chi connectivity index (χ1) is 13.3. The van der Waals surface area contributed by atoms with Crippen LogP contribution >= 0.6 is 11.3 Å². The maximum Gasteiger partial charge on any atom is 0.231 e. The van der Waals surface area contributed by atoms with Crippen molar-refractivity contribution in [3.8, 4) is 27.8 Å². The van der Waals surface area contributed by atoms with Crippen LogP contribution in [0.15, 0.2) is 47.8 Å². The first kappa shape index (κ1) is 17.8. The van der Waals surface area contributed by atoms with E-state index in [-0.39, 0.29) is 12.8 Å². The van der Waals surface area contributed by atoms with Gasteiger partial charge in [0.05, 0.1) is 12.8 Å². The summed E-state index contributed by atoms with van der Waals surface area (Å²) in [6.45, 7) is 3.20. The van der Waals surface area contributed by atoms with Crippen molar-refractivity contribution in [2.45, 2.75) is 25.9 Å². The van der Waals surface area contributed by atoms with Gasteiger partial charge in [-0.15, -0.1) is 11.3 Å². The Labute approximate surface area is 162 Å². The Hall–Kier alpha value is -2.57. The molecule has 4 rings (SSSR count). The molecule has 0 aliphatic carbocycles. The molecule has 5 nitrogen and oxygen atoms in total. The van der Waals surface area contributed by atoms with Gasteiger partial charge in [-0.3, -0.25) is 0 Å². The molecule has 27 heavy (non-hydrogen) atoms. The van der Waals surface area contributed by atoms with Gasteiger partial charge >= 0.3 is 0 Å². The lowest BCUT2D eigenvalue weighted by Gasteiger charge is -2.17. The van der Waals surface area contributed by atoms with Gasteiger partial charge in [-0.2, -0.15) is 0 Å². The molecule has 6 heteroatoms. The Bertz CT molecular complexity index is 908. The van der Waals surface area contributed by atoms with Gasteiger partial charge in [0, 0.05) is 23.5 Å². The van der Waals surface area contributed by atoms with E-state index < -0.39 is 0 Å². The third-order valence-corrected chi connectivity index (χ3v) is 5.57. The van der Waals surface area contributed by atoms with Crippen molar-refractivity contribution < 1.29 is 14.2 Å². The lowest BCUT2D eigenvalue weighted by molar-refractivity contribution is 0.174. The van der Waals surface area contributed by atoms with E-state index in [2.05, 4.69) is 29.8 Å². The van der Waals surface area contributed by atoms with Crippen LogP contribution in [0.5, 0.6) is 17.2 Å². The van der Waals surface area contributed by atoms with E-state index in [0.29, 0.717) is 0 Å². The topological polar surface area (TPSA) is 52.6 Å². The molecule has 0 radical (unpaired) electrons. The molecular weight excluding hydrogens is 360 g/mol. The standard InChI is InChI=1S/C21H22N2O3S/c1-3-18(14-4-7-17(24-2)8-5-14)22-11-16-12-27-21(23-16)15-6-9-19-20(10-15)26-13-25-19/h4-10,12,18,22H,3,11,13H2,1-2H3. The molecule has 3 aromatic rings. The summed E-state index contributed by atoms with van der Waals surface area (Å²) < 4.78 is 16.1. The van der Waals surface area contributed by atoms with Gasteiger partial charge in [-0.05, 0) is 42.3 Å². The Morgan fingerprint density at radius 2 is 1.96 bits per heavy atom. The summed E-state index contributed by atoms with van der Waals surface area (Å²) in [4.78, 5) is 4.77. The van der Waals surface area contributed by atoms with E-state index in [4.69, 9.17) is 19.2 Å². The minimum absolute atomic E-state index is 0.284. The third kappa shape index (κ3) is 3.91. The van der Waals surface area contributed by atoms with Crippen molar-refractivity contribution in [1.29, 1.82) is 0 Å². The molecule has 2 aromatic carbocycles. The van der Waals surface area contributed by atoms with E-state index >= 15 is 0 Å². The second-order valence-corrected chi connectivity index (χ2v) is 7.19. The summed E-state index contributed by atoms with van der Waals surface area (Å²) in [6.07, 6.45) is 1.01. The molecular formula is C21H22N2O3S. The predicted octanol–water partition coefficient (Wildman–Crippen LogP) is 4.79. The Balaban J connectivity index is 1.42. The summed E-state index contributed by atoms with van der Waals surface area (Å²) in [5.41, 5.74) is 3.35. The molecule has 0 spiro atoms. The zero-order valence-corrected chi connectivity index (χ0v) is 16.2. The van der Waals surface area contributed by atoms with Gasteiger partial charge in [0.15, 0.2) is 11.5 Å². The van der Waals surface area contributed by atoms with Gasteiger partial charge in [0.1, 0.15) is 10.8 Å². The zero-order valence-electron chi connectivity index (χ0n) is 15.4. The monoisotopic (exact) mass is 382 g/mol. The van der Waals surface area contributed by atoms with Crippen LogP contribution in [-0.4, -0.2) is 18.9 Å². The van der Waals surface area contributed by atoms with Crippen LogP contribution in [0.3, 0.4) is 0 Å². The number of hydrogen-bond acceptors (Lipinski definition) is 6. The Kier molecular flexibility index (Phi) is 5.27. The largest absolute Gasteiger partial charge is 0.497 e. The van der Waals surface area contributed by atoms with Gasteiger partial charge < -0.3 is 19.5 Å². The first-order valence-corrected chi connectivity index (χ1v) is 9.86. The van der Waals surface area contributed by atoms with E-state index in [1.807, 2.05) is 30.3 Å². The highest BCUT2D eigenvalue weighted by atomic mass is 32.1. The highest BCUT2D eigenvalue weighted by Crippen LogP contribution is 2.36. The number of aromatic nitrogens is 1. The number of rotatable bonds is 7. The summed E-state index contributed by atoms with van der Waals surface area (Å²) in [7, 11) is 1.69. The van der Waals surface area contributed by atoms with E-state index in [1.54, 1.807) is 18.4 Å². The molecule has 2 heterocycles. The molecule has 1 atom stereocenters. The number of benzene rings is 2. The van der Waals surface area contributed by atoms with Crippen LogP contribution in [0.4, 0.5) is 0 Å². The number of ether oxygens (including phenoxy) is 3. The molecule has 0 bridgehead atoms. The second-order valence-electron chi connectivity index (χ2n) is 6.33. The minimum atomic E-state index is 0.284. The maximum atomic E-state index is 5.46. The smallest absolute Gasteiger partial charge is 0.231 e. The summed E-state index contributed by atoms with van der Waals surface area (Å²) in [5.74, 6) is 2.46. The Morgan fingerprint density at radius 1 is 1.15 bits per heavy atom. The number of thiazole rings is 1. The number of hydrogen-bond donors (Lipinski definition) is 1. The summed E-state index contributed by atoms with van der Waals surface area (Å²) in [6, 6.07) is 14.5. The van der Waals surface area contributed by atoms with Crippen LogP contribution in [-0.2, 0) is 6.54 Å². The SMILES string of the molecule is CCC(NCc1csc(-c2ccc3c(c2)OCO3)n1)c1ccc(OC)cc1. The fourth-order valence-electron chi connectivity index (χ4n) is 3.11. The number of nitrogens with one attached hydrogen (secondary N) is 1. The Morgan fingerprint density at radius 3 is 2.74 bits per heavy atom. The summed E-state index contributed by atoms with van der Waals surface area (Å²) >= 11 is 1.64. The molecule has 0 fully saturated rings. The first-order valence-electron chi connectivity index (χ1n) is 8.98. The lowest BCUT2D eigenvalue weighted by Crippen LogP contribution is -2.20. The molecule has 1 aromatic heterocycles. The van der Waals surface area contributed by atoms with Crippen molar-refractivity contribution in [2.75, 3.05) is 13.9 Å². The van der Waals surface area contributed by atoms with Crippen LogP contribution in [0.25, 0.3) is 10.6 Å². The molecule has 0 saturated heterocycles. The van der Waals surface area contributed by atoms with Crippen molar-refractivity contribution >= 4 is 11.3 Å². The number of nitrogens with zero attached hydrogens (tertiary/aromatic N) is 1. The average Bonchev–Trinajstić information content (AvgIpc) is 3.37. The van der Waals surface area contributed by atoms with Gasteiger partial charge in [-0.1, -0.05) is 19.1 Å². The molecule has 0 amide bonds. The average molecular weight is 382 g/mol. The van der Waals surface area contributed by atoms with Crippen molar-refractivity contribution in [2.24, 2.45) is 0 Å². The summed E-state index contributed by atoms with van der Waals surface area (Å²) in [5, 5.41) is 6.70. The van der Waals surface area contributed by atoms with Gasteiger partial charge in [0.2, 0.25) is 6.79 Å². The van der Waals surface area contributed by atoms with E-state index in [1.165, 1.54) is 5.56 Å². The molecule has 1 N–H and O–H groups in total. The highest BCUT2D eigenvalue weighted by molar-refractivity contribution is 7.13. The zero-order chi connectivity index (χ0) is 18.6. The fourth-order valence-corrected chi connectivity index (χ4v) is 3.93. The fraction of sp³-hybridized carbons (Fsp3) is 0.286. The normalized spacial score (nSPS) is 13.6. The van der Waals surface area contributed by atoms with E-state index in [9.17, 15) is 0 Å². The lowest BCUT2D eigenvalue weighted by atomic mass is 10.0. The van der Waals surface area contributed by atoms with E-state index in [0.717, 1.165) is 46.5 Å². The van der Waals surface area contributed by atoms with Crippen molar-refractivity contribution in [3.05, 3.63) is 59.1 Å². The van der Waals surface area contributed by atoms with Crippen molar-refractivity contribution in [3.63, 3.8) is 0 Å². The quantitative estimate of drug-likeness (QED) is 0.637. The van der Waals surface area contributed by atoms with Crippen molar-refractivity contribution in [1.82, 2.24) is 10.3 Å².